The first-order valence-corrected chi connectivity index (χ1v) is 6.43. The van der Waals surface area contributed by atoms with E-state index in [-0.39, 0.29) is 0 Å². The van der Waals surface area contributed by atoms with Crippen LogP contribution in [0.1, 0.15) is 11.3 Å². The van der Waals surface area contributed by atoms with Crippen LogP contribution in [-0.4, -0.2) is 16.3 Å². The Bertz CT molecular complexity index is 505. The molecule has 1 aromatic carbocycles. The number of rotatable bonds is 4. The lowest BCUT2D eigenvalue weighted by Crippen LogP contribution is -2.08. The van der Waals surface area contributed by atoms with E-state index in [1.165, 1.54) is 11.3 Å². The maximum atomic E-state index is 4.15. The third kappa shape index (κ3) is 3.09. The zero-order chi connectivity index (χ0) is 12.3. The predicted molar refractivity (Wildman–Crippen MR) is 74.3 cm³/mol. The van der Waals surface area contributed by atoms with Gasteiger partial charge in [-0.15, -0.1) is 0 Å². The van der Waals surface area contributed by atoms with Gasteiger partial charge < -0.3 is 5.32 Å². The van der Waals surface area contributed by atoms with Crippen molar-refractivity contribution in [3.05, 3.63) is 46.2 Å². The van der Waals surface area contributed by atoms with Crippen molar-refractivity contribution in [1.82, 2.24) is 9.78 Å². The first-order chi connectivity index (χ1) is 8.16. The van der Waals surface area contributed by atoms with Gasteiger partial charge in [-0.25, -0.2) is 0 Å². The second kappa shape index (κ2) is 5.36. The Labute approximate surface area is 110 Å². The molecular formula is C13H16BrN3. The highest BCUT2D eigenvalue weighted by molar-refractivity contribution is 9.10. The second-order valence-electron chi connectivity index (χ2n) is 4.11. The van der Waals surface area contributed by atoms with Crippen LogP contribution in [0.3, 0.4) is 0 Å². The van der Waals surface area contributed by atoms with E-state index in [1.807, 2.05) is 24.0 Å². The molecule has 0 aliphatic rings. The Morgan fingerprint density at radius 1 is 1.35 bits per heavy atom. The summed E-state index contributed by atoms with van der Waals surface area (Å²) in [6, 6.07) is 8.37. The van der Waals surface area contributed by atoms with Crippen molar-refractivity contribution in [3.8, 4) is 0 Å². The van der Waals surface area contributed by atoms with Crippen molar-refractivity contribution >= 4 is 21.6 Å². The van der Waals surface area contributed by atoms with Crippen LogP contribution in [0, 0.1) is 6.92 Å². The molecule has 0 aliphatic heterocycles. The molecule has 0 spiro atoms. The predicted octanol–water partition coefficient (Wildman–Crippen LogP) is 3.15. The summed E-state index contributed by atoms with van der Waals surface area (Å²) < 4.78 is 3.02. The fourth-order valence-electron chi connectivity index (χ4n) is 1.74. The maximum Gasteiger partial charge on any atom is 0.0492 e. The van der Waals surface area contributed by atoms with Crippen LogP contribution in [-0.2, 0) is 13.5 Å². The molecule has 0 atom stereocenters. The van der Waals surface area contributed by atoms with Crippen molar-refractivity contribution < 1.29 is 0 Å². The average molecular weight is 294 g/mol. The summed E-state index contributed by atoms with van der Waals surface area (Å²) in [4.78, 5) is 0. The quantitative estimate of drug-likeness (QED) is 0.939. The molecule has 1 N–H and O–H groups in total. The molecule has 0 amide bonds. The summed E-state index contributed by atoms with van der Waals surface area (Å²) in [5.74, 6) is 0. The number of halogens is 1. The fourth-order valence-corrected chi connectivity index (χ4v) is 2.37. The molecule has 0 radical (unpaired) electrons. The fraction of sp³-hybridized carbons (Fsp3) is 0.308. The van der Waals surface area contributed by atoms with Gasteiger partial charge in [0.25, 0.3) is 0 Å². The topological polar surface area (TPSA) is 29.9 Å². The molecule has 0 bridgehead atoms. The molecule has 2 rings (SSSR count). The van der Waals surface area contributed by atoms with Crippen molar-refractivity contribution in [3.63, 3.8) is 0 Å². The lowest BCUT2D eigenvalue weighted by Gasteiger charge is -2.09. The van der Waals surface area contributed by atoms with Crippen LogP contribution in [0.2, 0.25) is 0 Å². The summed E-state index contributed by atoms with van der Waals surface area (Å²) in [5.41, 5.74) is 3.63. The minimum absolute atomic E-state index is 0.904. The van der Waals surface area contributed by atoms with Crippen LogP contribution < -0.4 is 5.32 Å². The van der Waals surface area contributed by atoms with E-state index in [1.54, 1.807) is 0 Å². The van der Waals surface area contributed by atoms with Crippen LogP contribution >= 0.6 is 15.9 Å². The van der Waals surface area contributed by atoms with Gasteiger partial charge in [-0.1, -0.05) is 6.07 Å². The van der Waals surface area contributed by atoms with Crippen molar-refractivity contribution in [2.45, 2.75) is 13.3 Å². The van der Waals surface area contributed by atoms with E-state index in [0.29, 0.717) is 0 Å². The number of aryl methyl sites for hydroxylation is 2. The van der Waals surface area contributed by atoms with Crippen LogP contribution in [0.5, 0.6) is 0 Å². The van der Waals surface area contributed by atoms with E-state index >= 15 is 0 Å². The average Bonchev–Trinajstić information content (AvgIpc) is 2.68. The molecule has 1 heterocycles. The van der Waals surface area contributed by atoms with E-state index in [9.17, 15) is 0 Å². The molecule has 4 heteroatoms. The second-order valence-corrected chi connectivity index (χ2v) is 4.96. The highest BCUT2D eigenvalue weighted by atomic mass is 79.9. The Morgan fingerprint density at radius 3 is 2.82 bits per heavy atom. The number of nitrogens with one attached hydrogen (secondary N) is 1. The van der Waals surface area contributed by atoms with E-state index in [2.05, 4.69) is 51.5 Å². The molecule has 1 aromatic heterocycles. The Kier molecular flexibility index (Phi) is 3.84. The number of benzene rings is 1. The van der Waals surface area contributed by atoms with Gasteiger partial charge in [-0.3, -0.25) is 4.68 Å². The number of anilines is 1. The molecule has 3 nitrogen and oxygen atoms in total. The number of nitrogens with zero attached hydrogens (tertiary/aromatic N) is 2. The van der Waals surface area contributed by atoms with Gasteiger partial charge in [-0.05, 0) is 46.6 Å². The first kappa shape index (κ1) is 12.2. The molecule has 0 saturated carbocycles. The Balaban J connectivity index is 1.92. The third-order valence-electron chi connectivity index (χ3n) is 2.74. The maximum absolute atomic E-state index is 4.15. The van der Waals surface area contributed by atoms with Gasteiger partial charge in [0.05, 0.1) is 0 Å². The lowest BCUT2D eigenvalue weighted by molar-refractivity contribution is 0.711. The van der Waals surface area contributed by atoms with Gasteiger partial charge in [0, 0.05) is 42.1 Å². The normalized spacial score (nSPS) is 10.5. The van der Waals surface area contributed by atoms with E-state index < -0.39 is 0 Å². The zero-order valence-corrected chi connectivity index (χ0v) is 11.7. The van der Waals surface area contributed by atoms with Crippen molar-refractivity contribution in [2.24, 2.45) is 7.05 Å². The van der Waals surface area contributed by atoms with Gasteiger partial charge in [0.15, 0.2) is 0 Å². The summed E-state index contributed by atoms with van der Waals surface area (Å²) in [6.07, 6.45) is 2.80. The largest absolute Gasteiger partial charge is 0.384 e. The zero-order valence-electron chi connectivity index (χ0n) is 10.1. The number of hydrogen-bond donors (Lipinski definition) is 1. The minimum Gasteiger partial charge on any atom is -0.384 e. The van der Waals surface area contributed by atoms with Gasteiger partial charge in [0.2, 0.25) is 0 Å². The van der Waals surface area contributed by atoms with Gasteiger partial charge >= 0.3 is 0 Å². The Hall–Kier alpha value is -1.29. The molecular weight excluding hydrogens is 278 g/mol. The SMILES string of the molecule is Cc1ccc(NCCc2ccnn2C)c(Br)c1. The summed E-state index contributed by atoms with van der Waals surface area (Å²) in [7, 11) is 1.97. The summed E-state index contributed by atoms with van der Waals surface area (Å²) in [6.45, 7) is 2.99. The standard InChI is InChI=1S/C13H16BrN3/c1-10-3-4-13(12(14)9-10)15-7-5-11-6-8-16-17(11)2/h3-4,6,8-9,15H,5,7H2,1-2H3. The molecule has 17 heavy (non-hydrogen) atoms. The summed E-state index contributed by atoms with van der Waals surface area (Å²) in [5, 5.41) is 7.57. The smallest absolute Gasteiger partial charge is 0.0492 e. The molecule has 2 aromatic rings. The van der Waals surface area contributed by atoms with Crippen LogP contribution in [0.15, 0.2) is 34.9 Å². The van der Waals surface area contributed by atoms with Crippen molar-refractivity contribution in [1.29, 1.82) is 0 Å². The van der Waals surface area contributed by atoms with Crippen molar-refractivity contribution in [2.75, 3.05) is 11.9 Å². The van der Waals surface area contributed by atoms with Crippen LogP contribution in [0.4, 0.5) is 5.69 Å². The summed E-state index contributed by atoms with van der Waals surface area (Å²) >= 11 is 3.56. The third-order valence-corrected chi connectivity index (χ3v) is 3.40. The monoisotopic (exact) mass is 293 g/mol. The van der Waals surface area contributed by atoms with Gasteiger partial charge in [-0.2, -0.15) is 5.10 Å². The van der Waals surface area contributed by atoms with E-state index in [4.69, 9.17) is 0 Å². The Morgan fingerprint density at radius 2 is 2.18 bits per heavy atom. The van der Waals surface area contributed by atoms with E-state index in [0.717, 1.165) is 23.1 Å². The molecule has 0 unspecified atom stereocenters. The first-order valence-electron chi connectivity index (χ1n) is 5.64. The molecule has 0 aliphatic carbocycles. The van der Waals surface area contributed by atoms with Gasteiger partial charge in [0.1, 0.15) is 0 Å². The highest BCUT2D eigenvalue weighted by Gasteiger charge is 2.01. The lowest BCUT2D eigenvalue weighted by atomic mass is 10.2. The van der Waals surface area contributed by atoms with Crippen LogP contribution in [0.25, 0.3) is 0 Å². The minimum atomic E-state index is 0.904. The number of hydrogen-bond acceptors (Lipinski definition) is 2. The highest BCUT2D eigenvalue weighted by Crippen LogP contribution is 2.23. The number of aromatic nitrogens is 2. The molecule has 90 valence electrons. The molecule has 0 saturated heterocycles. The molecule has 0 fully saturated rings.